The number of carbonyl (C=O) groups excluding carboxylic acids is 1. The largest absolute Gasteiger partial charge is 0.481 e. The average molecular weight is 328 g/mol. The minimum atomic E-state index is -0.928. The van der Waals surface area contributed by atoms with Gasteiger partial charge in [0.15, 0.2) is 0 Å². The highest BCUT2D eigenvalue weighted by molar-refractivity contribution is 5.91. The van der Waals surface area contributed by atoms with Crippen LogP contribution < -0.4 is 5.32 Å². The molecule has 2 N–H and O–H groups in total. The lowest BCUT2D eigenvalue weighted by Gasteiger charge is -2.03. The molecule has 24 heavy (non-hydrogen) atoms. The Balaban J connectivity index is 1.61. The van der Waals surface area contributed by atoms with Crippen molar-refractivity contribution in [3.05, 3.63) is 41.8 Å². The van der Waals surface area contributed by atoms with Crippen LogP contribution in [0.5, 0.6) is 0 Å². The molecule has 1 aromatic carbocycles. The van der Waals surface area contributed by atoms with Crippen LogP contribution in [0.4, 0.5) is 0 Å². The predicted molar refractivity (Wildman–Crippen MR) is 86.9 cm³/mol. The van der Waals surface area contributed by atoms with Crippen molar-refractivity contribution in [2.45, 2.75) is 27.3 Å². The number of nitrogens with zero attached hydrogens (tertiary/aromatic N) is 1. The molecule has 126 valence electrons. The predicted octanol–water partition coefficient (Wildman–Crippen LogP) is 2.62. The first-order valence-electron chi connectivity index (χ1n) is 7.82. The lowest BCUT2D eigenvalue weighted by molar-refractivity contribution is -0.140. The number of rotatable bonds is 5. The van der Waals surface area contributed by atoms with E-state index in [4.69, 9.17) is 9.52 Å². The van der Waals surface area contributed by atoms with Gasteiger partial charge in [-0.15, -0.1) is 0 Å². The monoisotopic (exact) mass is 328 g/mol. The number of carboxylic acid groups (broad SMARTS) is 1. The van der Waals surface area contributed by atoms with Gasteiger partial charge in [0, 0.05) is 5.56 Å². The molecular formula is C18H20N2O4. The standard InChI is InChI=1S/C18H20N2O4/c1-10-4-6-11(7-5-10)16-20-12(9-24-16)8-19-15(21)13-14(17(22)23)18(13,2)3/h4-7,9,13-14H,8H2,1-3H3,(H,19,21)(H,22,23)/t13-,14+/m0/s1. The fourth-order valence-electron chi connectivity index (χ4n) is 3.09. The molecule has 0 saturated heterocycles. The van der Waals surface area contributed by atoms with Crippen molar-refractivity contribution in [2.24, 2.45) is 17.3 Å². The summed E-state index contributed by atoms with van der Waals surface area (Å²) in [5, 5.41) is 11.9. The highest BCUT2D eigenvalue weighted by Gasteiger charge is 2.65. The molecule has 2 aromatic rings. The molecule has 0 radical (unpaired) electrons. The van der Waals surface area contributed by atoms with Crippen LogP contribution in [0.2, 0.25) is 0 Å². The number of aryl methyl sites for hydroxylation is 1. The second-order valence-electron chi connectivity index (χ2n) is 6.84. The molecule has 6 nitrogen and oxygen atoms in total. The van der Waals surface area contributed by atoms with Gasteiger partial charge in [-0.05, 0) is 24.5 Å². The molecule has 0 spiro atoms. The first-order valence-corrected chi connectivity index (χ1v) is 7.82. The van der Waals surface area contributed by atoms with E-state index in [1.165, 1.54) is 6.26 Å². The number of carboxylic acids is 1. The molecule has 1 fully saturated rings. The summed E-state index contributed by atoms with van der Waals surface area (Å²) in [5.41, 5.74) is 2.11. The SMILES string of the molecule is Cc1ccc(-c2nc(CNC(=O)[C@@H]3[C@H](C(=O)O)C3(C)C)co2)cc1. The third-order valence-electron chi connectivity index (χ3n) is 4.67. The Labute approximate surface area is 139 Å². The number of oxazole rings is 1. The number of benzene rings is 1. The van der Waals surface area contributed by atoms with Crippen LogP contribution in [0.15, 0.2) is 34.9 Å². The Morgan fingerprint density at radius 1 is 1.25 bits per heavy atom. The van der Waals surface area contributed by atoms with E-state index in [0.717, 1.165) is 11.1 Å². The quantitative estimate of drug-likeness (QED) is 0.880. The number of carbonyl (C=O) groups is 2. The molecule has 1 heterocycles. The summed E-state index contributed by atoms with van der Waals surface area (Å²) in [5.74, 6) is -1.82. The van der Waals surface area contributed by atoms with Gasteiger partial charge in [0.2, 0.25) is 11.8 Å². The fourth-order valence-corrected chi connectivity index (χ4v) is 3.09. The van der Waals surface area contributed by atoms with E-state index in [1.54, 1.807) is 13.8 Å². The van der Waals surface area contributed by atoms with Crippen LogP contribution in [0.1, 0.15) is 25.1 Å². The van der Waals surface area contributed by atoms with Crippen LogP contribution >= 0.6 is 0 Å². The molecule has 6 heteroatoms. The fraction of sp³-hybridized carbons (Fsp3) is 0.389. The van der Waals surface area contributed by atoms with E-state index in [2.05, 4.69) is 10.3 Å². The highest BCUT2D eigenvalue weighted by Crippen LogP contribution is 2.58. The van der Waals surface area contributed by atoms with Gasteiger partial charge in [0.1, 0.15) is 6.26 Å². The van der Waals surface area contributed by atoms with Gasteiger partial charge >= 0.3 is 5.97 Å². The molecular weight excluding hydrogens is 308 g/mol. The van der Waals surface area contributed by atoms with Crippen LogP contribution in [0, 0.1) is 24.2 Å². The van der Waals surface area contributed by atoms with Crippen molar-refractivity contribution in [1.82, 2.24) is 10.3 Å². The average Bonchev–Trinajstić information content (AvgIpc) is 2.89. The number of aliphatic carboxylic acids is 1. The maximum Gasteiger partial charge on any atom is 0.307 e. The van der Waals surface area contributed by atoms with Crippen molar-refractivity contribution in [1.29, 1.82) is 0 Å². The number of hydrogen-bond acceptors (Lipinski definition) is 4. The molecule has 0 bridgehead atoms. The zero-order valence-electron chi connectivity index (χ0n) is 13.9. The van der Waals surface area contributed by atoms with Gasteiger partial charge in [0.05, 0.1) is 24.1 Å². The Hall–Kier alpha value is -2.63. The smallest absolute Gasteiger partial charge is 0.307 e. The summed E-state index contributed by atoms with van der Waals surface area (Å²) in [7, 11) is 0. The minimum absolute atomic E-state index is 0.215. The van der Waals surface area contributed by atoms with Crippen molar-refractivity contribution < 1.29 is 19.1 Å². The van der Waals surface area contributed by atoms with Crippen LogP contribution in [0.25, 0.3) is 11.5 Å². The van der Waals surface area contributed by atoms with E-state index in [-0.39, 0.29) is 12.5 Å². The number of amides is 1. The lowest BCUT2D eigenvalue weighted by Crippen LogP contribution is -2.26. The second kappa shape index (κ2) is 5.78. The lowest BCUT2D eigenvalue weighted by atomic mass is 10.1. The van der Waals surface area contributed by atoms with E-state index >= 15 is 0 Å². The zero-order chi connectivity index (χ0) is 17.5. The number of hydrogen-bond donors (Lipinski definition) is 2. The van der Waals surface area contributed by atoms with Crippen molar-refractivity contribution in [3.8, 4) is 11.5 Å². The maximum absolute atomic E-state index is 12.2. The molecule has 1 amide bonds. The van der Waals surface area contributed by atoms with Crippen LogP contribution in [-0.2, 0) is 16.1 Å². The van der Waals surface area contributed by atoms with Gasteiger partial charge in [-0.25, -0.2) is 4.98 Å². The van der Waals surface area contributed by atoms with E-state index in [9.17, 15) is 9.59 Å². The van der Waals surface area contributed by atoms with E-state index in [1.807, 2.05) is 31.2 Å². The summed E-state index contributed by atoms with van der Waals surface area (Å²) in [6.45, 7) is 5.81. The topological polar surface area (TPSA) is 92.4 Å². The third-order valence-corrected chi connectivity index (χ3v) is 4.67. The Morgan fingerprint density at radius 3 is 2.50 bits per heavy atom. The first-order chi connectivity index (χ1) is 11.3. The highest BCUT2D eigenvalue weighted by atomic mass is 16.4. The van der Waals surface area contributed by atoms with Crippen LogP contribution in [0.3, 0.4) is 0 Å². The molecule has 2 atom stereocenters. The molecule has 1 aromatic heterocycles. The number of aromatic nitrogens is 1. The van der Waals surface area contributed by atoms with Crippen molar-refractivity contribution in [2.75, 3.05) is 0 Å². The van der Waals surface area contributed by atoms with Gasteiger partial charge in [-0.2, -0.15) is 0 Å². The molecule has 3 rings (SSSR count). The summed E-state index contributed by atoms with van der Waals surface area (Å²) >= 11 is 0. The first kappa shape index (κ1) is 16.2. The van der Waals surface area contributed by atoms with Gasteiger partial charge in [-0.3, -0.25) is 9.59 Å². The Kier molecular flexibility index (Phi) is 3.91. The van der Waals surface area contributed by atoms with E-state index < -0.39 is 23.2 Å². The molecule has 0 aliphatic heterocycles. The zero-order valence-corrected chi connectivity index (χ0v) is 13.9. The van der Waals surface area contributed by atoms with Gasteiger partial charge < -0.3 is 14.8 Å². The third kappa shape index (κ3) is 2.91. The Morgan fingerprint density at radius 2 is 1.92 bits per heavy atom. The molecule has 1 saturated carbocycles. The van der Waals surface area contributed by atoms with Gasteiger partial charge in [0.25, 0.3) is 0 Å². The molecule has 0 unspecified atom stereocenters. The van der Waals surface area contributed by atoms with E-state index in [0.29, 0.717) is 11.6 Å². The number of nitrogens with one attached hydrogen (secondary N) is 1. The maximum atomic E-state index is 12.2. The van der Waals surface area contributed by atoms with Gasteiger partial charge in [-0.1, -0.05) is 31.5 Å². The molecule has 1 aliphatic rings. The summed E-state index contributed by atoms with van der Waals surface area (Å²) in [6, 6.07) is 7.80. The normalized spacial score (nSPS) is 21.3. The summed E-state index contributed by atoms with van der Waals surface area (Å²) in [4.78, 5) is 27.7. The second-order valence-corrected chi connectivity index (χ2v) is 6.84. The Bertz CT molecular complexity index is 777. The summed E-state index contributed by atoms with van der Waals surface area (Å²) in [6.07, 6.45) is 1.50. The van der Waals surface area contributed by atoms with Crippen LogP contribution in [-0.4, -0.2) is 22.0 Å². The minimum Gasteiger partial charge on any atom is -0.481 e. The summed E-state index contributed by atoms with van der Waals surface area (Å²) < 4.78 is 5.44. The molecule has 1 aliphatic carbocycles. The van der Waals surface area contributed by atoms with Crippen molar-refractivity contribution in [3.63, 3.8) is 0 Å². The van der Waals surface area contributed by atoms with Crippen molar-refractivity contribution >= 4 is 11.9 Å².